The monoisotopic (exact) mass is 254 g/mol. The molecule has 0 unspecified atom stereocenters. The predicted octanol–water partition coefficient (Wildman–Crippen LogP) is 2.85. The molecule has 0 aliphatic rings. The molecule has 0 saturated carbocycles. The topological polar surface area (TPSA) is 25.2 Å². The molecule has 0 atom stereocenters. The maximum absolute atomic E-state index is 12.4. The van der Waals surface area contributed by atoms with Gasteiger partial charge in [0, 0.05) is 31.0 Å². The van der Waals surface area contributed by atoms with Crippen LogP contribution in [0.25, 0.3) is 0 Å². The molecule has 0 saturated heterocycles. The molecule has 1 aromatic heterocycles. The van der Waals surface area contributed by atoms with Crippen LogP contribution in [0.4, 0.5) is 0 Å². The van der Waals surface area contributed by atoms with Crippen LogP contribution in [0.15, 0.2) is 61.3 Å². The number of nitrogens with zero attached hydrogens (tertiary/aromatic N) is 2. The maximum Gasteiger partial charge on any atom is 0.254 e. The van der Waals surface area contributed by atoms with Crippen LogP contribution in [-0.2, 0) is 13.6 Å². The summed E-state index contributed by atoms with van der Waals surface area (Å²) < 4.78 is 2.02. The lowest BCUT2D eigenvalue weighted by atomic mass is 10.2. The zero-order valence-corrected chi connectivity index (χ0v) is 11.1. The van der Waals surface area contributed by atoms with Gasteiger partial charge in [0.1, 0.15) is 0 Å². The molecule has 2 rings (SSSR count). The van der Waals surface area contributed by atoms with Gasteiger partial charge in [-0.2, -0.15) is 0 Å². The van der Waals surface area contributed by atoms with Crippen molar-refractivity contribution in [1.29, 1.82) is 0 Å². The Bertz CT molecular complexity index is 557. The van der Waals surface area contributed by atoms with Gasteiger partial charge < -0.3 is 9.47 Å². The number of hydrogen-bond donors (Lipinski definition) is 0. The summed E-state index contributed by atoms with van der Waals surface area (Å²) in [6, 6.07) is 13.3. The summed E-state index contributed by atoms with van der Waals surface area (Å²) in [5.74, 6) is 0.0294. The summed E-state index contributed by atoms with van der Waals surface area (Å²) in [7, 11) is 1.98. The highest BCUT2D eigenvalue weighted by Gasteiger charge is 2.15. The summed E-state index contributed by atoms with van der Waals surface area (Å²) >= 11 is 0. The van der Waals surface area contributed by atoms with Crippen LogP contribution in [0.1, 0.15) is 16.1 Å². The van der Waals surface area contributed by atoms with Crippen LogP contribution < -0.4 is 0 Å². The quantitative estimate of drug-likeness (QED) is 0.753. The minimum Gasteiger partial charge on any atom is -0.353 e. The minimum absolute atomic E-state index is 0.0294. The Labute approximate surface area is 113 Å². The number of benzene rings is 1. The van der Waals surface area contributed by atoms with Crippen molar-refractivity contribution in [3.05, 3.63) is 72.6 Å². The Morgan fingerprint density at radius 1 is 1.26 bits per heavy atom. The van der Waals surface area contributed by atoms with E-state index in [1.807, 2.05) is 60.3 Å². The predicted molar refractivity (Wildman–Crippen MR) is 76.8 cm³/mol. The summed E-state index contributed by atoms with van der Waals surface area (Å²) in [5, 5.41) is 0. The van der Waals surface area contributed by atoms with E-state index in [9.17, 15) is 4.79 Å². The van der Waals surface area contributed by atoms with Crippen molar-refractivity contribution in [2.45, 2.75) is 6.54 Å². The van der Waals surface area contributed by atoms with Crippen molar-refractivity contribution < 1.29 is 4.79 Å². The molecular weight excluding hydrogens is 236 g/mol. The third-order valence-electron chi connectivity index (χ3n) is 3.06. The van der Waals surface area contributed by atoms with Gasteiger partial charge in [-0.1, -0.05) is 24.3 Å². The van der Waals surface area contributed by atoms with Gasteiger partial charge in [0.15, 0.2) is 0 Å². The maximum atomic E-state index is 12.4. The van der Waals surface area contributed by atoms with Crippen molar-refractivity contribution in [3.63, 3.8) is 0 Å². The van der Waals surface area contributed by atoms with Gasteiger partial charge in [-0.15, -0.1) is 6.58 Å². The van der Waals surface area contributed by atoms with Gasteiger partial charge in [-0.3, -0.25) is 4.79 Å². The molecular formula is C16H18N2O. The van der Waals surface area contributed by atoms with Gasteiger partial charge in [-0.05, 0) is 24.3 Å². The molecule has 0 radical (unpaired) electrons. The Hall–Kier alpha value is -2.29. The first-order chi connectivity index (χ1) is 9.22. The van der Waals surface area contributed by atoms with Crippen LogP contribution in [0, 0.1) is 0 Å². The Kier molecular flexibility index (Phi) is 4.18. The molecule has 0 bridgehead atoms. The third kappa shape index (κ3) is 3.13. The summed E-state index contributed by atoms with van der Waals surface area (Å²) in [4.78, 5) is 14.2. The molecule has 98 valence electrons. The van der Waals surface area contributed by atoms with Crippen LogP contribution in [0.5, 0.6) is 0 Å². The normalized spacial score (nSPS) is 10.2. The number of hydrogen-bond acceptors (Lipinski definition) is 1. The standard InChI is InChI=1S/C16H18N2O/c1-3-11-18(13-15-10-7-12-17(15)2)16(19)14-8-5-4-6-9-14/h3-10,12H,1,11,13H2,2H3. The van der Waals surface area contributed by atoms with Gasteiger partial charge in [-0.25, -0.2) is 0 Å². The van der Waals surface area contributed by atoms with E-state index in [0.29, 0.717) is 18.7 Å². The molecule has 19 heavy (non-hydrogen) atoms. The SMILES string of the molecule is C=CCN(Cc1cccn1C)C(=O)c1ccccc1. The zero-order chi connectivity index (χ0) is 13.7. The average Bonchev–Trinajstić information content (AvgIpc) is 2.84. The molecule has 0 spiro atoms. The van der Waals surface area contributed by atoms with Crippen LogP contribution in [0.3, 0.4) is 0 Å². The van der Waals surface area contributed by atoms with Gasteiger partial charge in [0.05, 0.1) is 6.54 Å². The number of rotatable bonds is 5. The molecule has 3 heteroatoms. The van der Waals surface area contributed by atoms with Crippen molar-refractivity contribution in [3.8, 4) is 0 Å². The number of amides is 1. The van der Waals surface area contributed by atoms with E-state index in [1.165, 1.54) is 0 Å². The van der Waals surface area contributed by atoms with E-state index in [1.54, 1.807) is 11.0 Å². The van der Waals surface area contributed by atoms with Crippen molar-refractivity contribution in [2.75, 3.05) is 6.54 Å². The first kappa shape index (κ1) is 13.1. The van der Waals surface area contributed by atoms with E-state index in [4.69, 9.17) is 0 Å². The van der Waals surface area contributed by atoms with Gasteiger partial charge in [0.25, 0.3) is 5.91 Å². The average molecular weight is 254 g/mol. The lowest BCUT2D eigenvalue weighted by Gasteiger charge is -2.21. The van der Waals surface area contributed by atoms with Gasteiger partial charge in [0.2, 0.25) is 0 Å². The molecule has 1 heterocycles. The highest BCUT2D eigenvalue weighted by Crippen LogP contribution is 2.10. The van der Waals surface area contributed by atoms with Crippen LogP contribution >= 0.6 is 0 Å². The number of aromatic nitrogens is 1. The highest BCUT2D eigenvalue weighted by molar-refractivity contribution is 5.94. The molecule has 1 amide bonds. The smallest absolute Gasteiger partial charge is 0.254 e. The molecule has 2 aromatic rings. The van der Waals surface area contributed by atoms with Gasteiger partial charge >= 0.3 is 0 Å². The fourth-order valence-corrected chi connectivity index (χ4v) is 1.99. The Morgan fingerprint density at radius 2 is 2.00 bits per heavy atom. The van der Waals surface area contributed by atoms with Crippen LogP contribution in [-0.4, -0.2) is 21.9 Å². The molecule has 3 nitrogen and oxygen atoms in total. The number of aryl methyl sites for hydroxylation is 1. The Morgan fingerprint density at radius 3 is 2.58 bits per heavy atom. The van der Waals surface area contributed by atoms with E-state index >= 15 is 0 Å². The summed E-state index contributed by atoms with van der Waals surface area (Å²) in [6.45, 7) is 4.85. The minimum atomic E-state index is 0.0294. The van der Waals surface area contributed by atoms with Crippen molar-refractivity contribution >= 4 is 5.91 Å². The second-order valence-corrected chi connectivity index (χ2v) is 4.45. The third-order valence-corrected chi connectivity index (χ3v) is 3.06. The number of carbonyl (C=O) groups excluding carboxylic acids is 1. The molecule has 0 aliphatic carbocycles. The fraction of sp³-hybridized carbons (Fsp3) is 0.188. The molecule has 1 aromatic carbocycles. The van der Waals surface area contributed by atoms with E-state index < -0.39 is 0 Å². The largest absolute Gasteiger partial charge is 0.353 e. The summed E-state index contributed by atoms with van der Waals surface area (Å²) in [5.41, 5.74) is 1.81. The van der Waals surface area contributed by atoms with Crippen molar-refractivity contribution in [1.82, 2.24) is 9.47 Å². The lowest BCUT2D eigenvalue weighted by molar-refractivity contribution is 0.0759. The summed E-state index contributed by atoms with van der Waals surface area (Å²) in [6.07, 6.45) is 3.73. The van der Waals surface area contributed by atoms with Crippen molar-refractivity contribution in [2.24, 2.45) is 7.05 Å². The number of carbonyl (C=O) groups is 1. The lowest BCUT2D eigenvalue weighted by Crippen LogP contribution is -2.31. The molecule has 0 fully saturated rings. The van der Waals surface area contributed by atoms with E-state index in [0.717, 1.165) is 5.69 Å². The molecule has 0 aliphatic heterocycles. The Balaban J connectivity index is 2.18. The van der Waals surface area contributed by atoms with Crippen LogP contribution in [0.2, 0.25) is 0 Å². The second-order valence-electron chi connectivity index (χ2n) is 4.45. The first-order valence-corrected chi connectivity index (χ1v) is 6.28. The first-order valence-electron chi connectivity index (χ1n) is 6.28. The zero-order valence-electron chi connectivity index (χ0n) is 11.1. The highest BCUT2D eigenvalue weighted by atomic mass is 16.2. The second kappa shape index (κ2) is 6.05. The van der Waals surface area contributed by atoms with E-state index in [2.05, 4.69) is 6.58 Å². The van der Waals surface area contributed by atoms with E-state index in [-0.39, 0.29) is 5.91 Å². The fourth-order valence-electron chi connectivity index (χ4n) is 1.99. The molecule has 0 N–H and O–H groups in total.